The summed E-state index contributed by atoms with van der Waals surface area (Å²) in [7, 11) is -1.86. The van der Waals surface area contributed by atoms with E-state index in [4.69, 9.17) is 0 Å². The van der Waals surface area contributed by atoms with Crippen molar-refractivity contribution in [2.75, 3.05) is 20.1 Å². The molecule has 1 unspecified atom stereocenters. The van der Waals surface area contributed by atoms with Crippen molar-refractivity contribution in [2.24, 2.45) is 0 Å². The van der Waals surface area contributed by atoms with Crippen LogP contribution in [0.2, 0.25) is 0 Å². The van der Waals surface area contributed by atoms with Gasteiger partial charge in [-0.05, 0) is 37.6 Å². The molecular formula is C14H22N2O4S. The standard InChI is InChI=1S/C14H22N2O4S/c1-4-15-21(19,20)13-7-5-12(6-8-13)14(18)16(3)10-9-11(2)17/h5-8,11,15,17H,4,9-10H2,1-3H3. The van der Waals surface area contributed by atoms with Crippen LogP contribution in [0.5, 0.6) is 0 Å². The summed E-state index contributed by atoms with van der Waals surface area (Å²) in [4.78, 5) is 13.8. The van der Waals surface area contributed by atoms with Crippen LogP contribution in [-0.2, 0) is 10.0 Å². The molecule has 1 amide bonds. The largest absolute Gasteiger partial charge is 0.393 e. The molecule has 6 nitrogen and oxygen atoms in total. The summed E-state index contributed by atoms with van der Waals surface area (Å²) in [6, 6.07) is 5.80. The van der Waals surface area contributed by atoms with Gasteiger partial charge in [0.05, 0.1) is 11.0 Å². The smallest absolute Gasteiger partial charge is 0.253 e. The first-order valence-electron chi connectivity index (χ1n) is 6.81. The first-order chi connectivity index (χ1) is 9.77. The third kappa shape index (κ3) is 5.11. The highest BCUT2D eigenvalue weighted by Crippen LogP contribution is 2.12. The summed E-state index contributed by atoms with van der Waals surface area (Å²) >= 11 is 0. The van der Waals surface area contributed by atoms with Crippen LogP contribution in [0.25, 0.3) is 0 Å². The third-order valence-electron chi connectivity index (χ3n) is 2.97. The fraction of sp³-hybridized carbons (Fsp3) is 0.500. The molecule has 1 rings (SSSR count). The molecule has 0 radical (unpaired) electrons. The van der Waals surface area contributed by atoms with Crippen LogP contribution >= 0.6 is 0 Å². The topological polar surface area (TPSA) is 86.7 Å². The minimum Gasteiger partial charge on any atom is -0.393 e. The van der Waals surface area contributed by atoms with Gasteiger partial charge < -0.3 is 10.0 Å². The Morgan fingerprint density at radius 3 is 2.38 bits per heavy atom. The number of carbonyl (C=O) groups excluding carboxylic acids is 1. The van der Waals surface area contributed by atoms with E-state index in [2.05, 4.69) is 4.72 Å². The second-order valence-electron chi connectivity index (χ2n) is 4.89. The maximum Gasteiger partial charge on any atom is 0.253 e. The number of aliphatic hydroxyl groups excluding tert-OH is 1. The van der Waals surface area contributed by atoms with Crippen LogP contribution in [0, 0.1) is 0 Å². The summed E-state index contributed by atoms with van der Waals surface area (Å²) in [5.41, 5.74) is 0.415. The summed E-state index contributed by atoms with van der Waals surface area (Å²) in [6.07, 6.45) is 0.0302. The van der Waals surface area contributed by atoms with Gasteiger partial charge in [0, 0.05) is 25.7 Å². The van der Waals surface area contributed by atoms with Crippen LogP contribution in [0.4, 0.5) is 0 Å². The Bertz CT molecular complexity index is 567. The molecule has 1 aromatic rings. The number of hydrogen-bond acceptors (Lipinski definition) is 4. The van der Waals surface area contributed by atoms with E-state index in [-0.39, 0.29) is 10.8 Å². The van der Waals surface area contributed by atoms with Crippen molar-refractivity contribution in [2.45, 2.75) is 31.3 Å². The number of aliphatic hydroxyl groups is 1. The van der Waals surface area contributed by atoms with E-state index in [1.807, 2.05) is 0 Å². The lowest BCUT2D eigenvalue weighted by atomic mass is 10.2. The van der Waals surface area contributed by atoms with Gasteiger partial charge in [-0.25, -0.2) is 13.1 Å². The quantitative estimate of drug-likeness (QED) is 0.780. The Hall–Kier alpha value is -1.44. The first-order valence-corrected chi connectivity index (χ1v) is 8.29. The lowest BCUT2D eigenvalue weighted by Crippen LogP contribution is -2.29. The number of carbonyl (C=O) groups is 1. The maximum atomic E-state index is 12.1. The Balaban J connectivity index is 2.80. The van der Waals surface area contributed by atoms with Crippen LogP contribution in [-0.4, -0.2) is 50.6 Å². The SMILES string of the molecule is CCNS(=O)(=O)c1ccc(C(=O)N(C)CCC(C)O)cc1. The molecular weight excluding hydrogens is 292 g/mol. The van der Waals surface area contributed by atoms with Gasteiger partial charge in [0.2, 0.25) is 10.0 Å². The average molecular weight is 314 g/mol. The molecule has 2 N–H and O–H groups in total. The molecule has 0 saturated heterocycles. The second kappa shape index (κ2) is 7.53. The van der Waals surface area contributed by atoms with Crippen LogP contribution in [0.15, 0.2) is 29.2 Å². The molecule has 0 aromatic heterocycles. The van der Waals surface area contributed by atoms with Crippen molar-refractivity contribution in [1.29, 1.82) is 0 Å². The zero-order chi connectivity index (χ0) is 16.0. The predicted molar refractivity (Wildman–Crippen MR) is 80.6 cm³/mol. The number of nitrogens with one attached hydrogen (secondary N) is 1. The molecule has 0 bridgehead atoms. The molecule has 21 heavy (non-hydrogen) atoms. The summed E-state index contributed by atoms with van der Waals surface area (Å²) in [5, 5.41) is 9.22. The van der Waals surface area contributed by atoms with Gasteiger partial charge in [0.15, 0.2) is 0 Å². The third-order valence-corrected chi connectivity index (χ3v) is 4.54. The molecule has 0 heterocycles. The first kappa shape index (κ1) is 17.6. The molecule has 0 aliphatic heterocycles. The van der Waals surface area contributed by atoms with Crippen molar-refractivity contribution >= 4 is 15.9 Å². The lowest BCUT2D eigenvalue weighted by Gasteiger charge is -2.18. The molecule has 0 aliphatic carbocycles. The van der Waals surface area contributed by atoms with Gasteiger partial charge in [-0.15, -0.1) is 0 Å². The zero-order valence-corrected chi connectivity index (χ0v) is 13.4. The zero-order valence-electron chi connectivity index (χ0n) is 12.5. The van der Waals surface area contributed by atoms with E-state index in [1.165, 1.54) is 29.2 Å². The Kier molecular flexibility index (Phi) is 6.32. The van der Waals surface area contributed by atoms with Crippen LogP contribution in [0.1, 0.15) is 30.6 Å². The molecule has 0 aliphatic rings. The van der Waals surface area contributed by atoms with Gasteiger partial charge in [0.1, 0.15) is 0 Å². The fourth-order valence-electron chi connectivity index (χ4n) is 1.75. The van der Waals surface area contributed by atoms with E-state index < -0.39 is 16.1 Å². The summed E-state index contributed by atoms with van der Waals surface area (Å²) in [6.45, 7) is 4.12. The van der Waals surface area contributed by atoms with E-state index in [1.54, 1.807) is 20.9 Å². The minimum atomic E-state index is -3.50. The van der Waals surface area contributed by atoms with Crippen LogP contribution < -0.4 is 4.72 Å². The van der Waals surface area contributed by atoms with Crippen molar-refractivity contribution in [3.8, 4) is 0 Å². The summed E-state index contributed by atoms with van der Waals surface area (Å²) in [5.74, 6) is -0.206. The number of benzene rings is 1. The molecule has 0 fully saturated rings. The van der Waals surface area contributed by atoms with Crippen LogP contribution in [0.3, 0.4) is 0 Å². The monoisotopic (exact) mass is 314 g/mol. The van der Waals surface area contributed by atoms with Crippen molar-refractivity contribution in [3.05, 3.63) is 29.8 Å². The highest BCUT2D eigenvalue weighted by Gasteiger charge is 2.15. The number of hydrogen-bond donors (Lipinski definition) is 2. The second-order valence-corrected chi connectivity index (χ2v) is 6.66. The molecule has 0 spiro atoms. The normalized spacial score (nSPS) is 13.0. The van der Waals surface area contributed by atoms with E-state index >= 15 is 0 Å². The van der Waals surface area contributed by atoms with Crippen molar-refractivity contribution in [1.82, 2.24) is 9.62 Å². The minimum absolute atomic E-state index is 0.132. The molecule has 0 saturated carbocycles. The van der Waals surface area contributed by atoms with Gasteiger partial charge in [-0.3, -0.25) is 4.79 Å². The Morgan fingerprint density at radius 2 is 1.90 bits per heavy atom. The number of nitrogens with zero attached hydrogens (tertiary/aromatic N) is 1. The molecule has 1 atom stereocenters. The van der Waals surface area contributed by atoms with E-state index in [0.717, 1.165) is 0 Å². The van der Waals surface area contributed by atoms with Gasteiger partial charge in [-0.2, -0.15) is 0 Å². The molecule has 118 valence electrons. The Morgan fingerprint density at radius 1 is 1.33 bits per heavy atom. The number of amides is 1. The average Bonchev–Trinajstić information content (AvgIpc) is 2.44. The highest BCUT2D eigenvalue weighted by atomic mass is 32.2. The summed E-state index contributed by atoms with van der Waals surface area (Å²) < 4.78 is 26.0. The maximum absolute atomic E-state index is 12.1. The fourth-order valence-corrected chi connectivity index (χ4v) is 2.79. The van der Waals surface area contributed by atoms with Gasteiger partial charge in [0.25, 0.3) is 5.91 Å². The van der Waals surface area contributed by atoms with E-state index in [9.17, 15) is 18.3 Å². The predicted octanol–water partition coefficient (Wildman–Crippen LogP) is 0.828. The Labute approximate surface area is 125 Å². The molecule has 1 aromatic carbocycles. The molecule has 7 heteroatoms. The highest BCUT2D eigenvalue weighted by molar-refractivity contribution is 7.89. The van der Waals surface area contributed by atoms with Gasteiger partial charge >= 0.3 is 0 Å². The van der Waals surface area contributed by atoms with Crippen molar-refractivity contribution in [3.63, 3.8) is 0 Å². The van der Waals surface area contributed by atoms with Gasteiger partial charge in [-0.1, -0.05) is 6.92 Å². The van der Waals surface area contributed by atoms with E-state index in [0.29, 0.717) is 25.1 Å². The number of rotatable bonds is 7. The number of sulfonamides is 1. The van der Waals surface area contributed by atoms with Crippen molar-refractivity contribution < 1.29 is 18.3 Å². The lowest BCUT2D eigenvalue weighted by molar-refractivity contribution is 0.0769.